The lowest BCUT2D eigenvalue weighted by Crippen LogP contribution is -2.26. The molecule has 0 saturated heterocycles. The predicted molar refractivity (Wildman–Crippen MR) is 73.8 cm³/mol. The van der Waals surface area contributed by atoms with Gasteiger partial charge in [-0.15, -0.1) is 0 Å². The van der Waals surface area contributed by atoms with Crippen LogP contribution in [-0.2, 0) is 19.1 Å². The standard InChI is InChI=1S/C15H21NO4/c1-5-11(4)19-15(18)13(20-14(17)10(2)3)12-6-8-16-9-7-12/h6-11,13H,5H2,1-4H3. The van der Waals surface area contributed by atoms with Gasteiger partial charge in [0.15, 0.2) is 0 Å². The number of carbonyl (C=O) groups is 2. The Bertz CT molecular complexity index is 444. The zero-order valence-corrected chi connectivity index (χ0v) is 12.3. The van der Waals surface area contributed by atoms with Crippen LogP contribution in [0.2, 0.25) is 0 Å². The van der Waals surface area contributed by atoms with Gasteiger partial charge >= 0.3 is 11.9 Å². The molecule has 5 heteroatoms. The minimum Gasteiger partial charge on any atom is -0.460 e. The molecule has 5 nitrogen and oxygen atoms in total. The van der Waals surface area contributed by atoms with Crippen LogP contribution in [-0.4, -0.2) is 23.0 Å². The van der Waals surface area contributed by atoms with Crippen molar-refractivity contribution in [1.82, 2.24) is 4.98 Å². The number of carbonyl (C=O) groups excluding carboxylic acids is 2. The first kappa shape index (κ1) is 16.1. The van der Waals surface area contributed by atoms with E-state index in [1.165, 1.54) is 0 Å². The maximum Gasteiger partial charge on any atom is 0.352 e. The molecule has 0 aromatic carbocycles. The average molecular weight is 279 g/mol. The summed E-state index contributed by atoms with van der Waals surface area (Å²) in [6, 6.07) is 3.27. The van der Waals surface area contributed by atoms with Crippen molar-refractivity contribution in [3.05, 3.63) is 30.1 Å². The second-order valence-corrected chi connectivity index (χ2v) is 4.91. The molecule has 0 bridgehead atoms. The van der Waals surface area contributed by atoms with E-state index in [0.29, 0.717) is 12.0 Å². The number of pyridine rings is 1. The second kappa shape index (κ2) is 7.62. The van der Waals surface area contributed by atoms with Crippen LogP contribution in [0.1, 0.15) is 45.8 Å². The Kier molecular flexibility index (Phi) is 6.15. The Labute approximate surface area is 119 Å². The van der Waals surface area contributed by atoms with Gasteiger partial charge in [-0.3, -0.25) is 9.78 Å². The fourth-order valence-electron chi connectivity index (χ4n) is 1.39. The summed E-state index contributed by atoms with van der Waals surface area (Å²) >= 11 is 0. The highest BCUT2D eigenvalue weighted by molar-refractivity contribution is 5.81. The first-order valence-electron chi connectivity index (χ1n) is 6.76. The molecule has 1 aromatic heterocycles. The summed E-state index contributed by atoms with van der Waals surface area (Å²) in [4.78, 5) is 27.8. The number of ether oxygens (including phenoxy) is 2. The monoisotopic (exact) mass is 279 g/mol. The lowest BCUT2D eigenvalue weighted by atomic mass is 10.1. The van der Waals surface area contributed by atoms with Crippen LogP contribution in [0.3, 0.4) is 0 Å². The van der Waals surface area contributed by atoms with E-state index in [0.717, 1.165) is 0 Å². The molecule has 0 saturated carbocycles. The van der Waals surface area contributed by atoms with Gasteiger partial charge in [0.25, 0.3) is 0 Å². The second-order valence-electron chi connectivity index (χ2n) is 4.91. The highest BCUT2D eigenvalue weighted by atomic mass is 16.6. The van der Waals surface area contributed by atoms with Gasteiger partial charge < -0.3 is 9.47 Å². The first-order chi connectivity index (χ1) is 9.45. The highest BCUT2D eigenvalue weighted by Gasteiger charge is 2.28. The molecule has 0 aliphatic carbocycles. The fourth-order valence-corrected chi connectivity index (χ4v) is 1.39. The van der Waals surface area contributed by atoms with Crippen molar-refractivity contribution in [3.63, 3.8) is 0 Å². The van der Waals surface area contributed by atoms with E-state index in [-0.39, 0.29) is 12.0 Å². The van der Waals surface area contributed by atoms with Gasteiger partial charge in [0.2, 0.25) is 6.10 Å². The summed E-state index contributed by atoms with van der Waals surface area (Å²) in [6.07, 6.45) is 2.53. The Morgan fingerprint density at radius 3 is 2.20 bits per heavy atom. The van der Waals surface area contributed by atoms with Crippen molar-refractivity contribution in [2.45, 2.75) is 46.3 Å². The summed E-state index contributed by atoms with van der Waals surface area (Å²) in [5.74, 6) is -1.30. The Morgan fingerprint density at radius 2 is 1.70 bits per heavy atom. The third-order valence-corrected chi connectivity index (χ3v) is 2.82. The number of rotatable bonds is 6. The van der Waals surface area contributed by atoms with Gasteiger partial charge in [-0.25, -0.2) is 4.79 Å². The molecule has 0 N–H and O–H groups in total. The van der Waals surface area contributed by atoms with E-state index in [2.05, 4.69) is 4.98 Å². The van der Waals surface area contributed by atoms with Gasteiger partial charge in [0.05, 0.1) is 12.0 Å². The molecule has 110 valence electrons. The third-order valence-electron chi connectivity index (χ3n) is 2.82. The van der Waals surface area contributed by atoms with Gasteiger partial charge in [-0.05, 0) is 25.5 Å². The first-order valence-corrected chi connectivity index (χ1v) is 6.76. The smallest absolute Gasteiger partial charge is 0.352 e. The van der Waals surface area contributed by atoms with E-state index in [4.69, 9.17) is 9.47 Å². The van der Waals surface area contributed by atoms with Crippen LogP contribution in [0, 0.1) is 5.92 Å². The zero-order valence-electron chi connectivity index (χ0n) is 12.3. The van der Waals surface area contributed by atoms with Crippen LogP contribution >= 0.6 is 0 Å². The molecule has 2 atom stereocenters. The molecule has 0 spiro atoms. The van der Waals surface area contributed by atoms with Crippen molar-refractivity contribution >= 4 is 11.9 Å². The summed E-state index contributed by atoms with van der Waals surface area (Å²) in [5, 5.41) is 0. The third kappa shape index (κ3) is 4.64. The van der Waals surface area contributed by atoms with Crippen molar-refractivity contribution < 1.29 is 19.1 Å². The molecule has 1 rings (SSSR count). The van der Waals surface area contributed by atoms with Crippen LogP contribution in [0.5, 0.6) is 0 Å². The Hall–Kier alpha value is -1.91. The molecule has 1 aromatic rings. The molecular weight excluding hydrogens is 258 g/mol. The van der Waals surface area contributed by atoms with Gasteiger partial charge in [0.1, 0.15) is 0 Å². The quantitative estimate of drug-likeness (QED) is 0.749. The topological polar surface area (TPSA) is 65.5 Å². The van der Waals surface area contributed by atoms with E-state index < -0.39 is 18.0 Å². The van der Waals surface area contributed by atoms with Gasteiger partial charge in [-0.2, -0.15) is 0 Å². The number of hydrogen-bond acceptors (Lipinski definition) is 5. The largest absolute Gasteiger partial charge is 0.460 e. The van der Waals surface area contributed by atoms with E-state index >= 15 is 0 Å². The van der Waals surface area contributed by atoms with Gasteiger partial charge in [0, 0.05) is 18.0 Å². The molecule has 1 heterocycles. The van der Waals surface area contributed by atoms with E-state index in [9.17, 15) is 9.59 Å². The summed E-state index contributed by atoms with van der Waals surface area (Å²) < 4.78 is 10.5. The van der Waals surface area contributed by atoms with Crippen molar-refractivity contribution in [2.75, 3.05) is 0 Å². The number of aromatic nitrogens is 1. The zero-order chi connectivity index (χ0) is 15.1. The summed E-state index contributed by atoms with van der Waals surface area (Å²) in [7, 11) is 0. The lowest BCUT2D eigenvalue weighted by Gasteiger charge is -2.20. The van der Waals surface area contributed by atoms with E-state index in [1.54, 1.807) is 45.3 Å². The Morgan fingerprint density at radius 1 is 1.10 bits per heavy atom. The molecule has 0 aliphatic heterocycles. The molecular formula is C15H21NO4. The predicted octanol–water partition coefficient (Wildman–Crippen LogP) is 2.66. The van der Waals surface area contributed by atoms with Crippen molar-refractivity contribution in [1.29, 1.82) is 0 Å². The van der Waals surface area contributed by atoms with Crippen LogP contribution in [0.25, 0.3) is 0 Å². The summed E-state index contributed by atoms with van der Waals surface area (Å²) in [5.41, 5.74) is 0.558. The molecule has 0 amide bonds. The maximum atomic E-state index is 12.2. The Balaban J connectivity index is 2.90. The minimum atomic E-state index is -1.04. The molecule has 0 aliphatic rings. The van der Waals surface area contributed by atoms with Crippen molar-refractivity contribution in [3.8, 4) is 0 Å². The number of hydrogen-bond donors (Lipinski definition) is 0. The minimum absolute atomic E-state index is 0.218. The normalized spacial score (nSPS) is 13.7. The molecule has 0 radical (unpaired) electrons. The fraction of sp³-hybridized carbons (Fsp3) is 0.533. The number of esters is 2. The van der Waals surface area contributed by atoms with Crippen LogP contribution < -0.4 is 0 Å². The van der Waals surface area contributed by atoms with Crippen molar-refractivity contribution in [2.24, 2.45) is 5.92 Å². The maximum absolute atomic E-state index is 12.2. The molecule has 2 unspecified atom stereocenters. The van der Waals surface area contributed by atoms with Gasteiger partial charge in [-0.1, -0.05) is 20.8 Å². The summed E-state index contributed by atoms with van der Waals surface area (Å²) in [6.45, 7) is 7.14. The average Bonchev–Trinajstić information content (AvgIpc) is 2.44. The number of nitrogens with zero attached hydrogens (tertiary/aromatic N) is 1. The molecule has 0 fully saturated rings. The van der Waals surface area contributed by atoms with Crippen LogP contribution in [0.4, 0.5) is 0 Å². The lowest BCUT2D eigenvalue weighted by molar-refractivity contribution is -0.173. The SMILES string of the molecule is CCC(C)OC(=O)C(OC(=O)C(C)C)c1ccncc1. The van der Waals surface area contributed by atoms with Crippen LogP contribution in [0.15, 0.2) is 24.5 Å². The van der Waals surface area contributed by atoms with E-state index in [1.807, 2.05) is 6.92 Å². The molecule has 20 heavy (non-hydrogen) atoms. The highest BCUT2D eigenvalue weighted by Crippen LogP contribution is 2.21.